The molecule has 9 nitrogen and oxygen atoms in total. The van der Waals surface area contributed by atoms with Crippen LogP contribution in [0.4, 0.5) is 0 Å². The van der Waals surface area contributed by atoms with Crippen LogP contribution in [-0.4, -0.2) is 55.7 Å². The molecule has 0 amide bonds. The Kier molecular flexibility index (Phi) is 8.43. The van der Waals surface area contributed by atoms with Crippen molar-refractivity contribution in [2.75, 3.05) is 13.2 Å². The molecule has 10 atom stereocenters. The first-order valence-corrected chi connectivity index (χ1v) is 13.4. The van der Waals surface area contributed by atoms with Crippen LogP contribution in [0.5, 0.6) is 0 Å². The van der Waals surface area contributed by atoms with Crippen LogP contribution in [0.3, 0.4) is 0 Å². The van der Waals surface area contributed by atoms with E-state index in [-0.39, 0.29) is 29.8 Å². The van der Waals surface area contributed by atoms with Gasteiger partial charge in [-0.2, -0.15) is 0 Å². The van der Waals surface area contributed by atoms with Gasteiger partial charge in [0.25, 0.3) is 0 Å². The van der Waals surface area contributed by atoms with Gasteiger partial charge in [0.15, 0.2) is 18.4 Å². The summed E-state index contributed by atoms with van der Waals surface area (Å²) in [5.41, 5.74) is 10.8. The van der Waals surface area contributed by atoms with E-state index < -0.39 is 36.7 Å². The number of carbonyl (C=O) groups excluding carboxylic acids is 1. The summed E-state index contributed by atoms with van der Waals surface area (Å²) >= 11 is 0. The molecule has 0 aliphatic carbocycles. The van der Waals surface area contributed by atoms with Gasteiger partial charge < -0.3 is 23.7 Å². The highest BCUT2D eigenvalue weighted by molar-refractivity contribution is 5.98. The van der Waals surface area contributed by atoms with Gasteiger partial charge in [0, 0.05) is 27.9 Å². The summed E-state index contributed by atoms with van der Waals surface area (Å²) in [7, 11) is 0. The highest BCUT2D eigenvalue weighted by Gasteiger charge is 2.52. The molecule has 202 valence electrons. The largest absolute Gasteiger partial charge is 0.377 e. The summed E-state index contributed by atoms with van der Waals surface area (Å²) in [5.74, 6) is -0.981. The number of Topliss-reactive ketones (excluding diaryl/α,β-unsaturated/α-hetero) is 1. The second-order valence-electron chi connectivity index (χ2n) is 10.4. The minimum Gasteiger partial charge on any atom is -0.377 e. The molecule has 38 heavy (non-hydrogen) atoms. The Morgan fingerprint density at radius 2 is 1.74 bits per heavy atom. The van der Waals surface area contributed by atoms with Crippen molar-refractivity contribution in [3.63, 3.8) is 0 Å². The molecule has 2 aromatic rings. The number of fused-ring (bicyclic) bond motifs is 1. The number of nitrogens with zero attached hydrogens (tertiary/aromatic N) is 3. The van der Waals surface area contributed by atoms with Crippen LogP contribution >= 0.6 is 0 Å². The van der Waals surface area contributed by atoms with Crippen LogP contribution < -0.4 is 0 Å². The molecule has 3 fully saturated rings. The Morgan fingerprint density at radius 1 is 1.03 bits per heavy atom. The third kappa shape index (κ3) is 5.36. The lowest BCUT2D eigenvalue weighted by Gasteiger charge is -2.50. The lowest BCUT2D eigenvalue weighted by Crippen LogP contribution is -2.60. The van der Waals surface area contributed by atoms with Crippen molar-refractivity contribution < 1.29 is 28.5 Å². The number of hydrogen-bond donors (Lipinski definition) is 0. The molecule has 0 bridgehead atoms. The fourth-order valence-corrected chi connectivity index (χ4v) is 5.84. The lowest BCUT2D eigenvalue weighted by molar-refractivity contribution is -0.348. The van der Waals surface area contributed by atoms with E-state index in [9.17, 15) is 10.3 Å². The third-order valence-corrected chi connectivity index (χ3v) is 7.91. The molecule has 3 aliphatic heterocycles. The maximum Gasteiger partial charge on any atom is 0.184 e. The SMILES string of the molecule is CCC1OCC(C)[C@@H](O[C@@H]2OC3COC(c4ccccc4)O[C@@H]3[C@H](C)C2C(=O)c2ccccc2)[C@H]1N=[N+]=[N-]. The average molecular weight is 522 g/mol. The molecule has 3 saturated heterocycles. The van der Waals surface area contributed by atoms with Gasteiger partial charge in [-0.05, 0) is 12.0 Å². The van der Waals surface area contributed by atoms with Gasteiger partial charge in [-0.1, -0.05) is 86.5 Å². The van der Waals surface area contributed by atoms with Gasteiger partial charge in [-0.15, -0.1) is 0 Å². The number of carbonyl (C=O) groups is 1. The summed E-state index contributed by atoms with van der Waals surface area (Å²) in [6, 6.07) is 18.4. The fourth-order valence-electron chi connectivity index (χ4n) is 5.84. The summed E-state index contributed by atoms with van der Waals surface area (Å²) in [6.07, 6.45) is -2.23. The average Bonchev–Trinajstić information content (AvgIpc) is 2.96. The molecular weight excluding hydrogens is 486 g/mol. The van der Waals surface area contributed by atoms with Gasteiger partial charge in [-0.3, -0.25) is 4.79 Å². The molecule has 0 aromatic heterocycles. The summed E-state index contributed by atoms with van der Waals surface area (Å²) in [4.78, 5) is 17.0. The van der Waals surface area contributed by atoms with Gasteiger partial charge >= 0.3 is 0 Å². The lowest BCUT2D eigenvalue weighted by atomic mass is 9.78. The second-order valence-corrected chi connectivity index (χ2v) is 10.4. The van der Waals surface area contributed by atoms with Crippen molar-refractivity contribution in [3.05, 3.63) is 82.2 Å². The Balaban J connectivity index is 1.45. The Labute approximate surface area is 223 Å². The first-order chi connectivity index (χ1) is 18.5. The second kappa shape index (κ2) is 11.9. The summed E-state index contributed by atoms with van der Waals surface area (Å²) in [6.45, 7) is 6.78. The molecule has 0 saturated carbocycles. The Morgan fingerprint density at radius 3 is 2.42 bits per heavy atom. The number of ether oxygens (including phenoxy) is 5. The standard InChI is InChI=1S/C29H35N3O6/c1-4-21-24(31-32-30)26(17(2)15-34-21)37-29-23(25(33)19-11-7-5-8-12-19)18(3)27-22(36-29)16-35-28(38-27)20-13-9-6-10-14-20/h5-14,17-18,21-24,26-29H,4,15-16H2,1-3H3/t17?,18-,21?,22?,23?,24+,26-,27-,28?,29+/m1/s1. The van der Waals surface area contributed by atoms with Crippen LogP contribution in [-0.2, 0) is 23.7 Å². The monoisotopic (exact) mass is 521 g/mol. The highest BCUT2D eigenvalue weighted by atomic mass is 16.7. The minimum absolute atomic E-state index is 0.0567. The Bertz CT molecular complexity index is 1130. The molecule has 5 unspecified atom stereocenters. The predicted octanol–water partition coefficient (Wildman–Crippen LogP) is 5.47. The number of hydrogen-bond acceptors (Lipinski definition) is 7. The Hall–Kier alpha value is -2.78. The van der Waals surface area contributed by atoms with Crippen molar-refractivity contribution in [1.29, 1.82) is 0 Å². The number of rotatable bonds is 7. The van der Waals surface area contributed by atoms with Crippen molar-refractivity contribution >= 4 is 5.78 Å². The van der Waals surface area contributed by atoms with Crippen molar-refractivity contribution in [2.24, 2.45) is 22.9 Å². The minimum atomic E-state index is -0.862. The van der Waals surface area contributed by atoms with E-state index in [2.05, 4.69) is 10.0 Å². The highest BCUT2D eigenvalue weighted by Crippen LogP contribution is 2.42. The van der Waals surface area contributed by atoms with Crippen LogP contribution in [0.25, 0.3) is 10.4 Å². The van der Waals surface area contributed by atoms with Crippen LogP contribution in [0, 0.1) is 17.8 Å². The third-order valence-electron chi connectivity index (χ3n) is 7.91. The van der Waals surface area contributed by atoms with Crippen molar-refractivity contribution in [2.45, 2.75) is 70.2 Å². The van der Waals surface area contributed by atoms with E-state index in [1.54, 1.807) is 0 Å². The van der Waals surface area contributed by atoms with Crippen LogP contribution in [0.1, 0.15) is 49.4 Å². The fraction of sp³-hybridized carbons (Fsp3) is 0.552. The molecule has 0 spiro atoms. The maximum atomic E-state index is 13.9. The molecule has 2 aromatic carbocycles. The smallest absolute Gasteiger partial charge is 0.184 e. The molecule has 3 aliphatic rings. The van der Waals surface area contributed by atoms with Crippen LogP contribution in [0.15, 0.2) is 65.8 Å². The molecule has 0 N–H and O–H groups in total. The van der Waals surface area contributed by atoms with Gasteiger partial charge in [0.1, 0.15) is 6.10 Å². The number of benzene rings is 2. The van der Waals surface area contributed by atoms with E-state index in [1.807, 2.05) is 81.4 Å². The van der Waals surface area contributed by atoms with E-state index >= 15 is 0 Å². The zero-order valence-corrected chi connectivity index (χ0v) is 22.0. The molecule has 5 rings (SSSR count). The van der Waals surface area contributed by atoms with E-state index in [1.165, 1.54) is 0 Å². The van der Waals surface area contributed by atoms with Crippen molar-refractivity contribution in [1.82, 2.24) is 0 Å². The van der Waals surface area contributed by atoms with E-state index in [0.717, 1.165) is 5.56 Å². The zero-order chi connectivity index (χ0) is 26.6. The summed E-state index contributed by atoms with van der Waals surface area (Å²) in [5, 5.41) is 4.05. The molecule has 3 heterocycles. The van der Waals surface area contributed by atoms with E-state index in [4.69, 9.17) is 23.7 Å². The first kappa shape index (κ1) is 26.8. The molecular formula is C29H35N3O6. The summed E-state index contributed by atoms with van der Waals surface area (Å²) < 4.78 is 31.5. The predicted molar refractivity (Wildman–Crippen MR) is 139 cm³/mol. The van der Waals surface area contributed by atoms with Crippen molar-refractivity contribution in [3.8, 4) is 0 Å². The van der Waals surface area contributed by atoms with Gasteiger partial charge in [-0.25, -0.2) is 0 Å². The molecule has 9 heteroatoms. The van der Waals surface area contributed by atoms with Gasteiger partial charge in [0.2, 0.25) is 0 Å². The number of azide groups is 1. The van der Waals surface area contributed by atoms with Crippen LogP contribution in [0.2, 0.25) is 0 Å². The topological polar surface area (TPSA) is 112 Å². The first-order valence-electron chi connectivity index (χ1n) is 13.4. The number of ketones is 1. The van der Waals surface area contributed by atoms with Gasteiger partial charge in [0.05, 0.1) is 43.5 Å². The zero-order valence-electron chi connectivity index (χ0n) is 22.0. The quantitative estimate of drug-likeness (QED) is 0.207. The maximum absolute atomic E-state index is 13.9. The molecule has 0 radical (unpaired) electrons. The normalized spacial score (nSPS) is 37.0. The van der Waals surface area contributed by atoms with E-state index in [0.29, 0.717) is 25.2 Å².